The van der Waals surface area contributed by atoms with E-state index in [4.69, 9.17) is 9.47 Å². The van der Waals surface area contributed by atoms with Crippen LogP contribution in [0.1, 0.15) is 17.8 Å². The first kappa shape index (κ1) is 16.1. The van der Waals surface area contributed by atoms with E-state index in [1.165, 1.54) is 5.01 Å². The molecule has 2 aromatic rings. The molecule has 1 aromatic carbocycles. The lowest BCUT2D eigenvalue weighted by molar-refractivity contribution is 0.211. The number of hydrogen-bond acceptors (Lipinski definition) is 6. The van der Waals surface area contributed by atoms with Gasteiger partial charge in [-0.05, 0) is 12.8 Å². The van der Waals surface area contributed by atoms with Crippen molar-refractivity contribution in [2.45, 2.75) is 25.4 Å². The highest BCUT2D eigenvalue weighted by molar-refractivity contribution is 7.09. The normalized spacial score (nSPS) is 16.3. The van der Waals surface area contributed by atoms with Gasteiger partial charge in [0, 0.05) is 54.6 Å². The smallest absolute Gasteiger partial charge is 0.124 e. The van der Waals surface area contributed by atoms with Crippen molar-refractivity contribution in [3.8, 4) is 11.5 Å². The maximum absolute atomic E-state index is 5.33. The number of ether oxygens (including phenoxy) is 2. The Balaban J connectivity index is 1.54. The van der Waals surface area contributed by atoms with Crippen LogP contribution in [0.3, 0.4) is 0 Å². The molecule has 0 unspecified atom stereocenters. The van der Waals surface area contributed by atoms with Gasteiger partial charge in [-0.3, -0.25) is 4.90 Å². The maximum Gasteiger partial charge on any atom is 0.124 e. The number of likely N-dealkylation sites (tertiary alicyclic amines) is 1. The summed E-state index contributed by atoms with van der Waals surface area (Å²) in [5.41, 5.74) is 1.06. The van der Waals surface area contributed by atoms with Gasteiger partial charge in [0.15, 0.2) is 0 Å². The maximum atomic E-state index is 5.33. The van der Waals surface area contributed by atoms with Gasteiger partial charge in [-0.15, -0.1) is 11.3 Å². The summed E-state index contributed by atoms with van der Waals surface area (Å²) in [6, 6.07) is 6.41. The Bertz CT molecular complexity index is 588. The van der Waals surface area contributed by atoms with Gasteiger partial charge in [0.05, 0.1) is 20.8 Å². The molecule has 1 N–H and O–H groups in total. The summed E-state index contributed by atoms with van der Waals surface area (Å²) in [6.45, 7) is 3.16. The van der Waals surface area contributed by atoms with E-state index < -0.39 is 0 Å². The molecule has 1 fully saturated rings. The molecule has 1 saturated heterocycles. The highest BCUT2D eigenvalue weighted by Gasteiger charge is 2.20. The molecule has 124 valence electrons. The molecule has 1 aliphatic heterocycles. The molecular weight excluding hydrogens is 310 g/mol. The van der Waals surface area contributed by atoms with Crippen molar-refractivity contribution in [1.82, 2.24) is 9.88 Å². The Morgan fingerprint density at radius 2 is 1.87 bits per heavy atom. The average Bonchev–Trinajstić information content (AvgIpc) is 3.09. The third-order valence-electron chi connectivity index (χ3n) is 4.15. The van der Waals surface area contributed by atoms with Crippen molar-refractivity contribution in [2.75, 3.05) is 32.6 Å². The van der Waals surface area contributed by atoms with Gasteiger partial charge >= 0.3 is 0 Å². The first-order chi connectivity index (χ1) is 11.3. The quantitative estimate of drug-likeness (QED) is 0.879. The molecule has 1 aromatic heterocycles. The Labute approximate surface area is 141 Å². The number of nitrogens with zero attached hydrogens (tertiary/aromatic N) is 2. The number of hydrogen-bond donors (Lipinski definition) is 1. The average molecular weight is 333 g/mol. The number of thiazole rings is 1. The van der Waals surface area contributed by atoms with Crippen LogP contribution in [-0.4, -0.2) is 43.2 Å². The van der Waals surface area contributed by atoms with Gasteiger partial charge < -0.3 is 14.8 Å². The van der Waals surface area contributed by atoms with E-state index in [0.29, 0.717) is 6.04 Å². The van der Waals surface area contributed by atoms with E-state index in [9.17, 15) is 0 Å². The molecule has 5 nitrogen and oxygen atoms in total. The fourth-order valence-corrected chi connectivity index (χ4v) is 3.54. The molecule has 0 spiro atoms. The van der Waals surface area contributed by atoms with Crippen molar-refractivity contribution in [1.29, 1.82) is 0 Å². The molecule has 1 aliphatic rings. The van der Waals surface area contributed by atoms with E-state index in [-0.39, 0.29) is 0 Å². The van der Waals surface area contributed by atoms with Gasteiger partial charge in [-0.1, -0.05) is 0 Å². The zero-order valence-electron chi connectivity index (χ0n) is 13.6. The number of rotatable bonds is 6. The largest absolute Gasteiger partial charge is 0.497 e. The van der Waals surface area contributed by atoms with Crippen LogP contribution in [0.25, 0.3) is 0 Å². The minimum atomic E-state index is 0.486. The second-order valence-corrected chi connectivity index (χ2v) is 6.70. The number of nitrogens with one attached hydrogen (secondary N) is 1. The van der Waals surface area contributed by atoms with Crippen LogP contribution in [-0.2, 0) is 6.54 Å². The molecule has 0 aliphatic carbocycles. The van der Waals surface area contributed by atoms with Gasteiger partial charge in [0.2, 0.25) is 0 Å². The van der Waals surface area contributed by atoms with Crippen LogP contribution >= 0.6 is 11.3 Å². The molecule has 0 radical (unpaired) electrons. The summed E-state index contributed by atoms with van der Waals surface area (Å²) < 4.78 is 10.7. The van der Waals surface area contributed by atoms with Crippen LogP contribution in [0, 0.1) is 0 Å². The Hall–Kier alpha value is -1.79. The lowest BCUT2D eigenvalue weighted by atomic mass is 10.0. The number of benzene rings is 1. The van der Waals surface area contributed by atoms with E-state index in [1.54, 1.807) is 25.6 Å². The first-order valence-electron chi connectivity index (χ1n) is 7.87. The Kier molecular flexibility index (Phi) is 5.35. The van der Waals surface area contributed by atoms with E-state index in [2.05, 4.69) is 15.2 Å². The molecule has 3 rings (SSSR count). The summed E-state index contributed by atoms with van der Waals surface area (Å²) in [5.74, 6) is 1.63. The van der Waals surface area contributed by atoms with Crippen LogP contribution in [0.5, 0.6) is 11.5 Å². The Morgan fingerprint density at radius 3 is 2.43 bits per heavy atom. The predicted molar refractivity (Wildman–Crippen MR) is 93.6 cm³/mol. The van der Waals surface area contributed by atoms with Crippen molar-refractivity contribution >= 4 is 17.0 Å². The summed E-state index contributed by atoms with van der Waals surface area (Å²) in [6.07, 6.45) is 4.14. The molecular formula is C17H23N3O2S. The summed E-state index contributed by atoms with van der Waals surface area (Å²) in [4.78, 5) is 6.84. The summed E-state index contributed by atoms with van der Waals surface area (Å²) in [5, 5.41) is 6.85. The van der Waals surface area contributed by atoms with Crippen LogP contribution in [0.2, 0.25) is 0 Å². The molecule has 0 saturated carbocycles. The number of methoxy groups -OCH3 is 2. The van der Waals surface area contributed by atoms with Crippen molar-refractivity contribution in [3.63, 3.8) is 0 Å². The molecule has 23 heavy (non-hydrogen) atoms. The monoisotopic (exact) mass is 333 g/mol. The molecule has 0 atom stereocenters. The second-order valence-electron chi connectivity index (χ2n) is 5.72. The number of aromatic nitrogens is 1. The SMILES string of the molecule is COc1cc(NC2CCN(Cc3nccs3)CC2)cc(OC)c1. The lowest BCUT2D eigenvalue weighted by Gasteiger charge is -2.32. The minimum absolute atomic E-state index is 0.486. The van der Waals surface area contributed by atoms with E-state index in [1.807, 2.05) is 29.8 Å². The predicted octanol–water partition coefficient (Wildman–Crippen LogP) is 3.24. The standard InChI is InChI=1S/C17H23N3O2S/c1-21-15-9-14(10-16(11-15)22-2)19-13-3-6-20(7-4-13)12-17-18-5-8-23-17/h5,8-11,13,19H,3-4,6-7,12H2,1-2H3. The Morgan fingerprint density at radius 1 is 1.17 bits per heavy atom. The third-order valence-corrected chi connectivity index (χ3v) is 4.92. The zero-order valence-corrected chi connectivity index (χ0v) is 14.4. The van der Waals surface area contributed by atoms with Crippen LogP contribution in [0.15, 0.2) is 29.8 Å². The van der Waals surface area contributed by atoms with Gasteiger partial charge in [0.1, 0.15) is 16.5 Å². The highest BCUT2D eigenvalue weighted by atomic mass is 32.1. The highest BCUT2D eigenvalue weighted by Crippen LogP contribution is 2.27. The van der Waals surface area contributed by atoms with Crippen LogP contribution in [0.4, 0.5) is 5.69 Å². The topological polar surface area (TPSA) is 46.6 Å². The lowest BCUT2D eigenvalue weighted by Crippen LogP contribution is -2.38. The fraction of sp³-hybridized carbons (Fsp3) is 0.471. The van der Waals surface area contributed by atoms with Gasteiger partial charge in [0.25, 0.3) is 0 Å². The van der Waals surface area contributed by atoms with Crippen molar-refractivity contribution < 1.29 is 9.47 Å². The second kappa shape index (κ2) is 7.66. The van der Waals surface area contributed by atoms with E-state index in [0.717, 1.165) is 49.7 Å². The van der Waals surface area contributed by atoms with Gasteiger partial charge in [-0.2, -0.15) is 0 Å². The third kappa shape index (κ3) is 4.36. The first-order valence-corrected chi connectivity index (χ1v) is 8.75. The zero-order chi connectivity index (χ0) is 16.1. The molecule has 0 amide bonds. The molecule has 0 bridgehead atoms. The number of anilines is 1. The fourth-order valence-electron chi connectivity index (χ4n) is 2.88. The summed E-state index contributed by atoms with van der Waals surface area (Å²) in [7, 11) is 3.35. The van der Waals surface area contributed by atoms with Crippen molar-refractivity contribution in [3.05, 3.63) is 34.8 Å². The molecule has 2 heterocycles. The number of piperidine rings is 1. The van der Waals surface area contributed by atoms with Crippen molar-refractivity contribution in [2.24, 2.45) is 0 Å². The minimum Gasteiger partial charge on any atom is -0.497 e. The van der Waals surface area contributed by atoms with Crippen LogP contribution < -0.4 is 14.8 Å². The summed E-state index contributed by atoms with van der Waals surface area (Å²) >= 11 is 1.73. The molecule has 6 heteroatoms. The van der Waals surface area contributed by atoms with Gasteiger partial charge in [-0.25, -0.2) is 4.98 Å². The van der Waals surface area contributed by atoms with E-state index >= 15 is 0 Å².